The lowest BCUT2D eigenvalue weighted by Crippen LogP contribution is -2.33. The van der Waals surface area contributed by atoms with Gasteiger partial charge in [-0.3, -0.25) is 9.69 Å². The minimum Gasteiger partial charge on any atom is -0.493 e. The number of aliphatic hydroxyl groups is 1. The van der Waals surface area contributed by atoms with Gasteiger partial charge in [-0.05, 0) is 12.5 Å². The quantitative estimate of drug-likeness (QED) is 0.841. The van der Waals surface area contributed by atoms with Gasteiger partial charge in [0.15, 0.2) is 11.5 Å². The van der Waals surface area contributed by atoms with Gasteiger partial charge in [-0.25, -0.2) is 9.37 Å². The maximum Gasteiger partial charge on any atom is 0.258 e. The number of aliphatic hydroxyl groups excluding tert-OH is 1. The van der Waals surface area contributed by atoms with Crippen LogP contribution in [0.15, 0.2) is 16.9 Å². The number of H-pyrrole nitrogens is 1. The third kappa shape index (κ3) is 3.07. The molecular weight excluding hydrogens is 317 g/mol. The lowest BCUT2D eigenvalue weighted by atomic mass is 10.2. The van der Waals surface area contributed by atoms with Crippen molar-refractivity contribution in [2.24, 2.45) is 0 Å². The van der Waals surface area contributed by atoms with Crippen LogP contribution >= 0.6 is 0 Å². The van der Waals surface area contributed by atoms with Gasteiger partial charge in [0.2, 0.25) is 0 Å². The standard InChI is InChI=1S/C16H20FN3O4/c1-23-13-4-11-12(5-14(13)24-2)18-15(19-16(11)22)7-20-6-9(17)3-10(20)8-21/h4-5,9-10,21H,3,6-8H2,1-2H3,(H,18,19,22)/t9-,10-/m0/s1. The van der Waals surface area contributed by atoms with E-state index in [4.69, 9.17) is 9.47 Å². The van der Waals surface area contributed by atoms with E-state index in [0.29, 0.717) is 34.6 Å². The number of aromatic amines is 1. The van der Waals surface area contributed by atoms with Crippen LogP contribution in [-0.2, 0) is 6.54 Å². The van der Waals surface area contributed by atoms with E-state index in [1.54, 1.807) is 17.0 Å². The first-order valence-electron chi connectivity index (χ1n) is 7.69. The fourth-order valence-electron chi connectivity index (χ4n) is 3.09. The van der Waals surface area contributed by atoms with Crippen LogP contribution in [0.1, 0.15) is 12.2 Å². The van der Waals surface area contributed by atoms with Gasteiger partial charge in [-0.15, -0.1) is 0 Å². The Labute approximate surface area is 138 Å². The highest BCUT2D eigenvalue weighted by Gasteiger charge is 2.32. The normalized spacial score (nSPS) is 21.3. The average molecular weight is 337 g/mol. The van der Waals surface area contributed by atoms with E-state index in [0.717, 1.165) is 0 Å². The van der Waals surface area contributed by atoms with Crippen molar-refractivity contribution in [3.8, 4) is 11.5 Å². The maximum absolute atomic E-state index is 13.6. The highest BCUT2D eigenvalue weighted by molar-refractivity contribution is 5.81. The number of benzene rings is 1. The number of nitrogens with one attached hydrogen (secondary N) is 1. The SMILES string of the molecule is COc1cc2nc(CN3C[C@@H](F)C[C@H]3CO)[nH]c(=O)c2cc1OC. The molecule has 8 heteroatoms. The number of methoxy groups -OCH3 is 2. The van der Waals surface area contributed by atoms with Crippen molar-refractivity contribution >= 4 is 10.9 Å². The molecule has 0 bridgehead atoms. The number of alkyl halides is 1. The van der Waals surface area contributed by atoms with E-state index in [-0.39, 0.29) is 31.3 Å². The number of nitrogens with zero attached hydrogens (tertiary/aromatic N) is 2. The molecule has 7 nitrogen and oxygen atoms in total. The summed E-state index contributed by atoms with van der Waals surface area (Å²) in [4.78, 5) is 21.3. The Balaban J connectivity index is 1.97. The third-order valence-electron chi connectivity index (χ3n) is 4.30. The second-order valence-corrected chi connectivity index (χ2v) is 5.84. The number of fused-ring (bicyclic) bond motifs is 1. The van der Waals surface area contributed by atoms with Gasteiger partial charge in [0.05, 0.1) is 38.3 Å². The molecule has 130 valence electrons. The van der Waals surface area contributed by atoms with Gasteiger partial charge in [-0.1, -0.05) is 0 Å². The predicted octanol–water partition coefficient (Wildman–Crippen LogP) is 0.845. The van der Waals surface area contributed by atoms with Crippen LogP contribution in [0.25, 0.3) is 10.9 Å². The molecule has 0 aliphatic carbocycles. The molecule has 0 amide bonds. The monoisotopic (exact) mass is 337 g/mol. The van der Waals surface area contributed by atoms with Crippen LogP contribution in [0.2, 0.25) is 0 Å². The summed E-state index contributed by atoms with van der Waals surface area (Å²) in [5.41, 5.74) is 0.176. The molecule has 1 aliphatic rings. The van der Waals surface area contributed by atoms with E-state index >= 15 is 0 Å². The minimum absolute atomic E-state index is 0.122. The number of hydrogen-bond donors (Lipinski definition) is 2. The molecule has 0 radical (unpaired) electrons. The Hall–Kier alpha value is -2.19. The Bertz CT molecular complexity index is 795. The Morgan fingerprint density at radius 1 is 1.38 bits per heavy atom. The molecule has 1 saturated heterocycles. The van der Waals surface area contributed by atoms with Gasteiger partial charge < -0.3 is 19.6 Å². The van der Waals surface area contributed by atoms with Crippen LogP contribution in [0, 0.1) is 0 Å². The zero-order chi connectivity index (χ0) is 17.3. The summed E-state index contributed by atoms with van der Waals surface area (Å²) in [6.07, 6.45) is -0.682. The molecule has 1 aromatic heterocycles. The van der Waals surface area contributed by atoms with Crippen molar-refractivity contribution in [3.05, 3.63) is 28.3 Å². The van der Waals surface area contributed by atoms with Crippen molar-refractivity contribution in [1.82, 2.24) is 14.9 Å². The summed E-state index contributed by atoms with van der Waals surface area (Å²) in [6, 6.07) is 2.96. The first-order chi connectivity index (χ1) is 11.5. The minimum atomic E-state index is -0.973. The van der Waals surface area contributed by atoms with Crippen LogP contribution in [0.5, 0.6) is 11.5 Å². The van der Waals surface area contributed by atoms with Crippen molar-refractivity contribution in [2.75, 3.05) is 27.4 Å². The van der Waals surface area contributed by atoms with Crippen molar-refractivity contribution in [3.63, 3.8) is 0 Å². The first kappa shape index (κ1) is 16.7. The molecule has 3 rings (SSSR count). The number of halogens is 1. The first-order valence-corrected chi connectivity index (χ1v) is 7.69. The van der Waals surface area contributed by atoms with Crippen LogP contribution in [0.4, 0.5) is 4.39 Å². The van der Waals surface area contributed by atoms with Gasteiger partial charge >= 0.3 is 0 Å². The van der Waals surface area contributed by atoms with Crippen LogP contribution < -0.4 is 15.0 Å². The second-order valence-electron chi connectivity index (χ2n) is 5.84. The zero-order valence-corrected chi connectivity index (χ0v) is 13.6. The Morgan fingerprint density at radius 2 is 2.08 bits per heavy atom. The number of hydrogen-bond acceptors (Lipinski definition) is 6. The molecule has 0 saturated carbocycles. The molecule has 2 N–H and O–H groups in total. The smallest absolute Gasteiger partial charge is 0.258 e. The molecular formula is C16H20FN3O4. The largest absolute Gasteiger partial charge is 0.493 e. The van der Waals surface area contributed by atoms with Gasteiger partial charge in [0.1, 0.15) is 12.0 Å². The van der Waals surface area contributed by atoms with Crippen molar-refractivity contribution < 1.29 is 19.0 Å². The zero-order valence-electron chi connectivity index (χ0n) is 13.6. The van der Waals surface area contributed by atoms with Crippen LogP contribution in [-0.4, -0.2) is 59.6 Å². The average Bonchev–Trinajstić information content (AvgIpc) is 2.93. The summed E-state index contributed by atoms with van der Waals surface area (Å²) in [5.74, 6) is 1.35. The number of ether oxygens (including phenoxy) is 2. The fourth-order valence-corrected chi connectivity index (χ4v) is 3.09. The summed E-state index contributed by atoms with van der Waals surface area (Å²) in [6.45, 7) is 0.368. The van der Waals surface area contributed by atoms with Crippen LogP contribution in [0.3, 0.4) is 0 Å². The summed E-state index contributed by atoms with van der Waals surface area (Å²) >= 11 is 0. The van der Waals surface area contributed by atoms with Gasteiger partial charge in [0, 0.05) is 18.7 Å². The summed E-state index contributed by atoms with van der Waals surface area (Å²) in [5, 5.41) is 9.74. The van der Waals surface area contributed by atoms with E-state index in [9.17, 15) is 14.3 Å². The molecule has 0 unspecified atom stereocenters. The van der Waals surface area contributed by atoms with Gasteiger partial charge in [0.25, 0.3) is 5.56 Å². The molecule has 2 aromatic rings. The Kier molecular flexibility index (Phi) is 4.68. The summed E-state index contributed by atoms with van der Waals surface area (Å²) in [7, 11) is 3.00. The topological polar surface area (TPSA) is 87.7 Å². The molecule has 1 fully saturated rings. The summed E-state index contributed by atoms with van der Waals surface area (Å²) < 4.78 is 24.0. The highest BCUT2D eigenvalue weighted by Crippen LogP contribution is 2.30. The lowest BCUT2D eigenvalue weighted by Gasteiger charge is -2.21. The van der Waals surface area contributed by atoms with Crippen molar-refractivity contribution in [2.45, 2.75) is 25.2 Å². The van der Waals surface area contributed by atoms with E-state index in [1.807, 2.05) is 0 Å². The molecule has 1 aliphatic heterocycles. The number of rotatable bonds is 5. The highest BCUT2D eigenvalue weighted by atomic mass is 19.1. The molecule has 2 heterocycles. The fraction of sp³-hybridized carbons (Fsp3) is 0.500. The number of aromatic nitrogens is 2. The number of likely N-dealkylation sites (tertiary alicyclic amines) is 1. The van der Waals surface area contributed by atoms with Gasteiger partial charge in [-0.2, -0.15) is 0 Å². The van der Waals surface area contributed by atoms with Crippen molar-refractivity contribution in [1.29, 1.82) is 0 Å². The molecule has 0 spiro atoms. The third-order valence-corrected chi connectivity index (χ3v) is 4.30. The van der Waals surface area contributed by atoms with E-state index in [2.05, 4.69) is 9.97 Å². The lowest BCUT2D eigenvalue weighted by molar-refractivity contribution is 0.150. The predicted molar refractivity (Wildman–Crippen MR) is 86.3 cm³/mol. The second kappa shape index (κ2) is 6.74. The molecule has 2 atom stereocenters. The molecule has 24 heavy (non-hydrogen) atoms. The van der Waals surface area contributed by atoms with E-state index < -0.39 is 6.17 Å². The molecule has 1 aromatic carbocycles. The Morgan fingerprint density at radius 3 is 2.75 bits per heavy atom. The van der Waals surface area contributed by atoms with E-state index in [1.165, 1.54) is 14.2 Å². The maximum atomic E-state index is 13.6.